The van der Waals surface area contributed by atoms with Crippen LogP contribution >= 0.6 is 22.7 Å². The lowest BCUT2D eigenvalue weighted by atomic mass is 10.0. The van der Waals surface area contributed by atoms with Crippen molar-refractivity contribution in [1.82, 2.24) is 14.8 Å². The Labute approximate surface area is 275 Å². The van der Waals surface area contributed by atoms with Gasteiger partial charge in [0.25, 0.3) is 0 Å². The smallest absolute Gasteiger partial charge is 0.416 e. The van der Waals surface area contributed by atoms with Crippen LogP contribution in [-0.4, -0.2) is 63.2 Å². The van der Waals surface area contributed by atoms with Crippen LogP contribution in [0.25, 0.3) is 20.8 Å². The van der Waals surface area contributed by atoms with Crippen molar-refractivity contribution in [2.24, 2.45) is 0 Å². The van der Waals surface area contributed by atoms with E-state index in [1.54, 1.807) is 46.4 Å². The van der Waals surface area contributed by atoms with E-state index in [1.165, 1.54) is 33.6 Å². The molecule has 0 saturated carbocycles. The maximum Gasteiger partial charge on any atom is 0.416 e. The fourth-order valence-electron chi connectivity index (χ4n) is 4.85. The van der Waals surface area contributed by atoms with Gasteiger partial charge in [0.1, 0.15) is 21.2 Å². The minimum Gasteiger partial charge on any atom is -0.444 e. The second-order valence-corrected chi connectivity index (χ2v) is 15.4. The van der Waals surface area contributed by atoms with E-state index in [0.29, 0.717) is 39.7 Å². The molecule has 1 atom stereocenters. The van der Waals surface area contributed by atoms with E-state index in [1.807, 2.05) is 13.8 Å². The van der Waals surface area contributed by atoms with E-state index >= 15 is 0 Å². The summed E-state index contributed by atoms with van der Waals surface area (Å²) in [6.07, 6.45) is -4.36. The van der Waals surface area contributed by atoms with Crippen LogP contribution in [0, 0.1) is 0 Å². The molecular weight excluding hydrogens is 642 g/mol. The van der Waals surface area contributed by atoms with Crippen LogP contribution in [0.3, 0.4) is 0 Å². The normalized spacial score (nSPS) is 14.5. The van der Waals surface area contributed by atoms with Crippen LogP contribution in [0.4, 0.5) is 27.8 Å². The van der Waals surface area contributed by atoms with Gasteiger partial charge in [-0.25, -0.2) is 14.6 Å². The summed E-state index contributed by atoms with van der Waals surface area (Å²) in [4.78, 5) is 47.7. The monoisotopic (exact) mass is 682 g/mol. The summed E-state index contributed by atoms with van der Waals surface area (Å²) >= 11 is 2.54. The average Bonchev–Trinajstić information content (AvgIpc) is 3.49. The molecule has 1 N–H and O–H groups in total. The summed E-state index contributed by atoms with van der Waals surface area (Å²) in [5.41, 5.74) is -0.429. The molecule has 3 aromatic rings. The predicted molar refractivity (Wildman–Crippen MR) is 174 cm³/mol. The highest BCUT2D eigenvalue weighted by atomic mass is 32.1. The van der Waals surface area contributed by atoms with Gasteiger partial charge < -0.3 is 24.6 Å². The van der Waals surface area contributed by atoms with Crippen LogP contribution < -0.4 is 5.32 Å². The number of thiophene rings is 1. The van der Waals surface area contributed by atoms with Gasteiger partial charge in [0.05, 0.1) is 22.3 Å². The van der Waals surface area contributed by atoms with Gasteiger partial charge in [-0.1, -0.05) is 6.92 Å². The van der Waals surface area contributed by atoms with Crippen molar-refractivity contribution >= 4 is 56.0 Å². The first-order chi connectivity index (χ1) is 21.3. The molecule has 9 nitrogen and oxygen atoms in total. The lowest BCUT2D eigenvalue weighted by Crippen LogP contribution is -2.43. The Kier molecular flexibility index (Phi) is 10.3. The lowest BCUT2D eigenvalue weighted by molar-refractivity contribution is -0.137. The van der Waals surface area contributed by atoms with E-state index in [2.05, 4.69) is 10.3 Å². The van der Waals surface area contributed by atoms with E-state index in [4.69, 9.17) is 9.47 Å². The molecule has 0 aliphatic carbocycles. The Morgan fingerprint density at radius 3 is 2.35 bits per heavy atom. The summed E-state index contributed by atoms with van der Waals surface area (Å²) in [5, 5.41) is 3.94. The van der Waals surface area contributed by atoms with Crippen molar-refractivity contribution < 1.29 is 37.0 Å². The number of rotatable bonds is 7. The number of carbonyl (C=O) groups is 3. The van der Waals surface area contributed by atoms with Gasteiger partial charge >= 0.3 is 18.4 Å². The Morgan fingerprint density at radius 2 is 1.74 bits per heavy atom. The molecule has 3 amide bonds. The van der Waals surface area contributed by atoms with Crippen molar-refractivity contribution in [3.05, 3.63) is 34.2 Å². The Balaban J connectivity index is 1.65. The fraction of sp³-hybridized carbons (Fsp3) is 0.562. The van der Waals surface area contributed by atoms with E-state index in [-0.39, 0.29) is 37.0 Å². The first-order valence-corrected chi connectivity index (χ1v) is 16.8. The zero-order valence-electron chi connectivity index (χ0n) is 27.4. The summed E-state index contributed by atoms with van der Waals surface area (Å²) in [6.45, 7) is 15.3. The number of nitrogens with one attached hydrogen (secondary N) is 1. The largest absolute Gasteiger partial charge is 0.444 e. The number of aromatic nitrogens is 1. The molecule has 0 fully saturated rings. The number of nitrogens with zero attached hydrogens (tertiary/aromatic N) is 3. The second-order valence-electron chi connectivity index (χ2n) is 13.3. The SMILES string of the molecule is CCC(C)N(CCC(=O)Nc1sc2c(c1-c1nc3cc(C(F)(F)F)ccc3s1)CCN(C(=O)OC(C)(C)C)C2)C(=O)OC(C)(C)C. The molecule has 1 aliphatic heterocycles. The molecule has 252 valence electrons. The van der Waals surface area contributed by atoms with Gasteiger partial charge in [0, 0.05) is 36.0 Å². The Hall–Kier alpha value is -3.39. The van der Waals surface area contributed by atoms with Crippen LogP contribution in [0.1, 0.15) is 84.2 Å². The molecule has 0 saturated heterocycles. The van der Waals surface area contributed by atoms with Crippen LogP contribution in [0.5, 0.6) is 0 Å². The van der Waals surface area contributed by atoms with Gasteiger partial charge in [-0.15, -0.1) is 22.7 Å². The molecule has 14 heteroatoms. The van der Waals surface area contributed by atoms with Crippen molar-refractivity contribution in [3.8, 4) is 10.6 Å². The Morgan fingerprint density at radius 1 is 1.07 bits per heavy atom. The number of amides is 3. The van der Waals surface area contributed by atoms with Gasteiger partial charge in [-0.3, -0.25) is 4.79 Å². The van der Waals surface area contributed by atoms with Crippen LogP contribution in [0.15, 0.2) is 18.2 Å². The predicted octanol–water partition coefficient (Wildman–Crippen LogP) is 8.70. The molecule has 0 bridgehead atoms. The number of alkyl halides is 3. The first-order valence-electron chi connectivity index (χ1n) is 15.2. The van der Waals surface area contributed by atoms with E-state index < -0.39 is 35.1 Å². The van der Waals surface area contributed by atoms with E-state index in [0.717, 1.165) is 22.6 Å². The molecule has 1 unspecified atom stereocenters. The highest BCUT2D eigenvalue weighted by molar-refractivity contribution is 7.23. The average molecular weight is 683 g/mol. The molecule has 1 aliphatic rings. The second kappa shape index (κ2) is 13.4. The third kappa shape index (κ3) is 8.69. The maximum atomic E-state index is 13.4. The third-order valence-electron chi connectivity index (χ3n) is 7.22. The van der Waals surface area contributed by atoms with Crippen molar-refractivity contribution in [1.29, 1.82) is 0 Å². The summed E-state index contributed by atoms with van der Waals surface area (Å²) in [7, 11) is 0. The number of benzene rings is 1. The highest BCUT2D eigenvalue weighted by Crippen LogP contribution is 2.46. The number of halogens is 3. The molecule has 46 heavy (non-hydrogen) atoms. The quantitative estimate of drug-likeness (QED) is 0.268. The number of thiazole rings is 1. The minimum atomic E-state index is -4.51. The number of ether oxygens (including phenoxy) is 2. The summed E-state index contributed by atoms with van der Waals surface area (Å²) in [5.74, 6) is -0.346. The highest BCUT2D eigenvalue weighted by Gasteiger charge is 2.34. The number of hydrogen-bond donors (Lipinski definition) is 1. The zero-order valence-corrected chi connectivity index (χ0v) is 29.0. The van der Waals surface area contributed by atoms with Crippen molar-refractivity contribution in [2.75, 3.05) is 18.4 Å². The van der Waals surface area contributed by atoms with E-state index in [9.17, 15) is 27.6 Å². The minimum absolute atomic E-state index is 0.00951. The standard InChI is InChI=1S/C32H41F3N4O5S2/c1-9-18(2)39(29(42)44-31(6,7)8)15-13-24(40)37-27-25(26-36-21-16-19(32(33,34)35)10-11-22(21)45-26)20-12-14-38(17-23(20)46-27)28(41)43-30(3,4)5/h10-11,16,18H,9,12-15,17H2,1-8H3,(H,37,40). The fourth-order valence-corrected chi connectivity index (χ4v) is 7.22. The summed E-state index contributed by atoms with van der Waals surface area (Å²) < 4.78 is 52.0. The molecule has 2 aromatic heterocycles. The number of fused-ring (bicyclic) bond motifs is 2. The van der Waals surface area contributed by atoms with Crippen LogP contribution in [-0.2, 0) is 33.4 Å². The number of carbonyl (C=O) groups excluding carboxylic acids is 3. The number of hydrogen-bond acceptors (Lipinski definition) is 8. The first kappa shape index (κ1) is 35.5. The lowest BCUT2D eigenvalue weighted by Gasteiger charge is -2.31. The molecule has 3 heterocycles. The zero-order chi connectivity index (χ0) is 34.2. The third-order valence-corrected chi connectivity index (χ3v) is 9.41. The van der Waals surface area contributed by atoms with Gasteiger partial charge in [0.2, 0.25) is 5.91 Å². The summed E-state index contributed by atoms with van der Waals surface area (Å²) in [6, 6.07) is 3.30. The molecule has 1 aromatic carbocycles. The maximum absolute atomic E-state index is 13.4. The molecule has 0 spiro atoms. The van der Waals surface area contributed by atoms with Gasteiger partial charge in [-0.05, 0) is 85.1 Å². The molecule has 4 rings (SSSR count). The van der Waals surface area contributed by atoms with Crippen molar-refractivity contribution in [3.63, 3.8) is 0 Å². The molecule has 0 radical (unpaired) electrons. The van der Waals surface area contributed by atoms with Crippen LogP contribution in [0.2, 0.25) is 0 Å². The van der Waals surface area contributed by atoms with Crippen molar-refractivity contribution in [2.45, 2.75) is 105 Å². The van der Waals surface area contributed by atoms with Gasteiger partial charge in [-0.2, -0.15) is 13.2 Å². The van der Waals surface area contributed by atoms with Gasteiger partial charge in [0.15, 0.2) is 0 Å². The number of anilines is 1. The molecular formula is C32H41F3N4O5S2. The topological polar surface area (TPSA) is 101 Å². The Bertz CT molecular complexity index is 1600.